The Kier molecular flexibility index (Phi) is 6.96. The van der Waals surface area contributed by atoms with E-state index >= 15 is 0 Å². The third-order valence-electron chi connectivity index (χ3n) is 4.25. The molecule has 0 unspecified atom stereocenters. The van der Waals surface area contributed by atoms with Crippen molar-refractivity contribution in [3.05, 3.63) is 65.4 Å². The van der Waals surface area contributed by atoms with Crippen molar-refractivity contribution in [3.63, 3.8) is 0 Å². The van der Waals surface area contributed by atoms with Gasteiger partial charge in [-0.2, -0.15) is 0 Å². The zero-order chi connectivity index (χ0) is 21.8. The molecule has 4 rings (SSSR count). The van der Waals surface area contributed by atoms with Gasteiger partial charge in [-0.25, -0.2) is 9.97 Å². The molecule has 0 aliphatic heterocycles. The number of fused-ring (bicyclic) bond motifs is 1. The molecule has 0 atom stereocenters. The number of thiazole rings is 1. The van der Waals surface area contributed by atoms with Gasteiger partial charge in [-0.05, 0) is 42.5 Å². The van der Waals surface area contributed by atoms with E-state index in [0.717, 1.165) is 25.4 Å². The number of nitrogens with zero attached hydrogens (tertiary/aromatic N) is 3. The molecule has 31 heavy (non-hydrogen) atoms. The van der Waals surface area contributed by atoms with Crippen LogP contribution in [0.25, 0.3) is 10.2 Å². The Morgan fingerprint density at radius 1 is 1.13 bits per heavy atom. The van der Waals surface area contributed by atoms with E-state index in [1.807, 2.05) is 36.0 Å². The smallest absolute Gasteiger partial charge is 0.234 e. The van der Waals surface area contributed by atoms with Gasteiger partial charge < -0.3 is 9.88 Å². The molecular weight excluding hydrogens is 472 g/mol. The summed E-state index contributed by atoms with van der Waals surface area (Å²) in [5.74, 6) is 0.508. The van der Waals surface area contributed by atoms with Gasteiger partial charge in [0.2, 0.25) is 5.91 Å². The fourth-order valence-electron chi connectivity index (χ4n) is 2.71. The molecule has 0 radical (unpaired) electrons. The van der Waals surface area contributed by atoms with Gasteiger partial charge in [0.05, 0.1) is 21.7 Å². The van der Waals surface area contributed by atoms with Crippen LogP contribution >= 0.6 is 46.5 Å². The Morgan fingerprint density at radius 3 is 2.68 bits per heavy atom. The molecule has 0 saturated heterocycles. The molecule has 0 saturated carbocycles. The molecule has 0 fully saturated rings. The van der Waals surface area contributed by atoms with Crippen LogP contribution in [0.2, 0.25) is 5.02 Å². The molecular formula is C21H17ClN4O2S3. The molecule has 158 valence electrons. The summed E-state index contributed by atoms with van der Waals surface area (Å²) in [4.78, 5) is 33.4. The van der Waals surface area contributed by atoms with Crippen molar-refractivity contribution in [2.45, 2.75) is 9.50 Å². The number of nitrogens with one attached hydrogen (secondary N) is 1. The van der Waals surface area contributed by atoms with Gasteiger partial charge >= 0.3 is 0 Å². The lowest BCUT2D eigenvalue weighted by Crippen LogP contribution is -2.14. The Bertz CT molecular complexity index is 1240. The van der Waals surface area contributed by atoms with Gasteiger partial charge in [0.25, 0.3) is 0 Å². The fraction of sp³-hybridized carbons (Fsp3) is 0.143. The largest absolute Gasteiger partial charge is 0.329 e. The molecule has 0 aliphatic carbocycles. The van der Waals surface area contributed by atoms with Gasteiger partial charge in [0, 0.05) is 35.7 Å². The van der Waals surface area contributed by atoms with Crippen LogP contribution in [0.4, 0.5) is 5.69 Å². The molecule has 4 aromatic rings. The van der Waals surface area contributed by atoms with Crippen LogP contribution in [-0.2, 0) is 11.8 Å². The number of imidazole rings is 1. The van der Waals surface area contributed by atoms with E-state index in [0.29, 0.717) is 16.3 Å². The number of rotatable bonds is 8. The van der Waals surface area contributed by atoms with E-state index in [4.69, 9.17) is 11.6 Å². The lowest BCUT2D eigenvalue weighted by Gasteiger charge is -2.05. The van der Waals surface area contributed by atoms with E-state index in [1.165, 1.54) is 34.9 Å². The lowest BCUT2D eigenvalue weighted by atomic mass is 10.1. The first kappa shape index (κ1) is 21.9. The van der Waals surface area contributed by atoms with E-state index in [-0.39, 0.29) is 17.4 Å². The molecule has 1 amide bonds. The number of ketones is 1. The summed E-state index contributed by atoms with van der Waals surface area (Å²) in [7, 11) is 1.89. The molecule has 10 heteroatoms. The Hall–Kier alpha value is -2.33. The van der Waals surface area contributed by atoms with E-state index in [1.54, 1.807) is 30.5 Å². The topological polar surface area (TPSA) is 76.9 Å². The molecule has 2 aromatic carbocycles. The predicted octanol–water partition coefficient (Wildman–Crippen LogP) is 5.39. The minimum absolute atomic E-state index is 0.0269. The highest BCUT2D eigenvalue weighted by molar-refractivity contribution is 8.01. The summed E-state index contributed by atoms with van der Waals surface area (Å²) >= 11 is 10.2. The van der Waals surface area contributed by atoms with Gasteiger partial charge in [-0.1, -0.05) is 35.1 Å². The SMILES string of the molecule is Cn1ccnc1SCC(=O)Nc1ccc2nc(SCC(=O)c3ccc(Cl)cc3)sc2c1. The molecule has 0 spiro atoms. The number of aryl methyl sites for hydroxylation is 1. The fourth-order valence-corrected chi connectivity index (χ4v) is 5.57. The number of carbonyl (C=O) groups is 2. The number of halogens is 1. The minimum Gasteiger partial charge on any atom is -0.329 e. The summed E-state index contributed by atoms with van der Waals surface area (Å²) in [6.07, 6.45) is 3.55. The zero-order valence-electron chi connectivity index (χ0n) is 16.4. The third-order valence-corrected chi connectivity index (χ3v) is 7.73. The van der Waals surface area contributed by atoms with Crippen LogP contribution in [-0.4, -0.2) is 37.7 Å². The van der Waals surface area contributed by atoms with E-state index in [2.05, 4.69) is 15.3 Å². The highest BCUT2D eigenvalue weighted by Gasteiger charge is 2.12. The second-order valence-electron chi connectivity index (χ2n) is 6.54. The number of carbonyl (C=O) groups excluding carboxylic acids is 2. The van der Waals surface area contributed by atoms with Crippen molar-refractivity contribution < 1.29 is 9.59 Å². The third kappa shape index (κ3) is 5.68. The first-order valence-corrected chi connectivity index (χ1v) is 12.4. The average molecular weight is 489 g/mol. The second kappa shape index (κ2) is 9.86. The molecule has 0 bridgehead atoms. The summed E-state index contributed by atoms with van der Waals surface area (Å²) in [5.41, 5.74) is 2.19. The first-order valence-electron chi connectivity index (χ1n) is 9.20. The van der Waals surface area contributed by atoms with Crippen molar-refractivity contribution in [2.75, 3.05) is 16.8 Å². The minimum atomic E-state index is -0.0972. The first-order chi connectivity index (χ1) is 15.0. The number of amides is 1. The maximum absolute atomic E-state index is 12.3. The maximum atomic E-state index is 12.3. The van der Waals surface area contributed by atoms with Crippen LogP contribution in [0.15, 0.2) is 64.4 Å². The normalized spacial score (nSPS) is 11.0. The highest BCUT2D eigenvalue weighted by Crippen LogP contribution is 2.31. The van der Waals surface area contributed by atoms with Crippen LogP contribution in [0.5, 0.6) is 0 Å². The number of aromatic nitrogens is 3. The molecule has 6 nitrogen and oxygen atoms in total. The number of Topliss-reactive ketones (excluding diaryl/α,β-unsaturated/α-hetero) is 1. The summed E-state index contributed by atoms with van der Waals surface area (Å²) in [6.45, 7) is 0. The lowest BCUT2D eigenvalue weighted by molar-refractivity contribution is -0.113. The van der Waals surface area contributed by atoms with Crippen LogP contribution in [0, 0.1) is 0 Å². The Morgan fingerprint density at radius 2 is 1.94 bits per heavy atom. The summed E-state index contributed by atoms with van der Waals surface area (Å²) in [5, 5.41) is 4.31. The standard InChI is InChI=1S/C21H17ClN4O2S3/c1-26-9-8-23-20(26)29-12-19(28)24-15-6-7-16-18(10-15)31-21(25-16)30-11-17(27)13-2-4-14(22)5-3-13/h2-10H,11-12H2,1H3,(H,24,28). The molecule has 2 heterocycles. The van der Waals surface area contributed by atoms with Gasteiger partial charge in [0.15, 0.2) is 15.3 Å². The maximum Gasteiger partial charge on any atom is 0.234 e. The van der Waals surface area contributed by atoms with Crippen molar-refractivity contribution in [1.82, 2.24) is 14.5 Å². The van der Waals surface area contributed by atoms with Gasteiger partial charge in [-0.15, -0.1) is 11.3 Å². The van der Waals surface area contributed by atoms with Gasteiger partial charge in [-0.3, -0.25) is 9.59 Å². The average Bonchev–Trinajstić information content (AvgIpc) is 3.36. The molecule has 1 N–H and O–H groups in total. The van der Waals surface area contributed by atoms with Gasteiger partial charge in [0.1, 0.15) is 0 Å². The zero-order valence-corrected chi connectivity index (χ0v) is 19.6. The number of hydrogen-bond acceptors (Lipinski definition) is 7. The second-order valence-corrected chi connectivity index (χ2v) is 10.2. The van der Waals surface area contributed by atoms with Crippen molar-refractivity contribution >= 4 is 74.1 Å². The van der Waals surface area contributed by atoms with E-state index < -0.39 is 0 Å². The number of hydrogen-bond donors (Lipinski definition) is 1. The Labute approximate surface area is 196 Å². The number of anilines is 1. The number of benzene rings is 2. The van der Waals surface area contributed by atoms with Crippen LogP contribution in [0.3, 0.4) is 0 Å². The summed E-state index contributed by atoms with van der Waals surface area (Å²) in [6, 6.07) is 12.5. The predicted molar refractivity (Wildman–Crippen MR) is 129 cm³/mol. The van der Waals surface area contributed by atoms with Crippen molar-refractivity contribution in [1.29, 1.82) is 0 Å². The quantitative estimate of drug-likeness (QED) is 0.265. The van der Waals surface area contributed by atoms with Crippen molar-refractivity contribution in [2.24, 2.45) is 7.05 Å². The molecule has 0 aliphatic rings. The Balaban J connectivity index is 1.35. The van der Waals surface area contributed by atoms with E-state index in [9.17, 15) is 9.59 Å². The number of thioether (sulfide) groups is 2. The van der Waals surface area contributed by atoms with Crippen molar-refractivity contribution in [3.8, 4) is 0 Å². The van der Waals surface area contributed by atoms with Crippen LogP contribution < -0.4 is 5.32 Å². The summed E-state index contributed by atoms with van der Waals surface area (Å²) < 4.78 is 3.64. The highest BCUT2D eigenvalue weighted by atomic mass is 35.5. The van der Waals surface area contributed by atoms with Crippen LogP contribution in [0.1, 0.15) is 10.4 Å². The monoisotopic (exact) mass is 488 g/mol. The molecule has 2 aromatic heterocycles.